The first kappa shape index (κ1) is 16.5. The Bertz CT molecular complexity index is 933. The van der Waals surface area contributed by atoms with E-state index in [1.807, 2.05) is 49.4 Å². The normalized spacial score (nSPS) is 10.3. The number of hydrogen-bond acceptors (Lipinski definition) is 2. The summed E-state index contributed by atoms with van der Waals surface area (Å²) in [6.45, 7) is 1.91. The van der Waals surface area contributed by atoms with Crippen LogP contribution in [-0.4, -0.2) is 17.0 Å². The van der Waals surface area contributed by atoms with E-state index in [0.29, 0.717) is 11.3 Å². The molecule has 25 heavy (non-hydrogen) atoms. The molecule has 4 heteroatoms. The molecule has 0 aliphatic heterocycles. The highest BCUT2D eigenvalue weighted by Crippen LogP contribution is 2.25. The van der Waals surface area contributed by atoms with E-state index in [1.54, 1.807) is 24.3 Å². The van der Waals surface area contributed by atoms with Gasteiger partial charge in [0.15, 0.2) is 0 Å². The number of carbonyl (C=O) groups excluding carboxylic acids is 1. The van der Waals surface area contributed by atoms with Gasteiger partial charge < -0.3 is 10.4 Å². The highest BCUT2D eigenvalue weighted by atomic mass is 16.4. The summed E-state index contributed by atoms with van der Waals surface area (Å²) in [7, 11) is 0. The minimum atomic E-state index is -1.04. The van der Waals surface area contributed by atoms with Crippen molar-refractivity contribution in [2.45, 2.75) is 6.92 Å². The minimum Gasteiger partial charge on any atom is -0.478 e. The van der Waals surface area contributed by atoms with Gasteiger partial charge in [-0.2, -0.15) is 0 Å². The standard InChI is InChI=1S/C21H17NO3/c1-14-6-5-9-16(10-14)20(23)22-19-12-17(11-18(13-19)21(24)25)15-7-3-2-4-8-15/h2-13H,1H3,(H,22,23)(H,24,25). The van der Waals surface area contributed by atoms with Gasteiger partial charge in [0, 0.05) is 11.3 Å². The zero-order valence-corrected chi connectivity index (χ0v) is 13.7. The second-order valence-electron chi connectivity index (χ2n) is 5.79. The van der Waals surface area contributed by atoms with Gasteiger partial charge in [-0.15, -0.1) is 0 Å². The third-order valence-corrected chi connectivity index (χ3v) is 3.83. The van der Waals surface area contributed by atoms with Gasteiger partial charge in [-0.25, -0.2) is 4.79 Å². The molecule has 0 saturated carbocycles. The molecule has 0 saturated heterocycles. The van der Waals surface area contributed by atoms with Gasteiger partial charge in [-0.05, 0) is 48.4 Å². The van der Waals surface area contributed by atoms with Crippen LogP contribution in [0.3, 0.4) is 0 Å². The molecule has 0 radical (unpaired) electrons. The number of rotatable bonds is 4. The van der Waals surface area contributed by atoms with Crippen molar-refractivity contribution in [2.24, 2.45) is 0 Å². The molecule has 4 nitrogen and oxygen atoms in total. The van der Waals surface area contributed by atoms with Crippen molar-refractivity contribution in [3.63, 3.8) is 0 Å². The number of carbonyl (C=O) groups is 2. The summed E-state index contributed by atoms with van der Waals surface area (Å²) >= 11 is 0. The van der Waals surface area contributed by atoms with Crippen molar-refractivity contribution in [1.82, 2.24) is 0 Å². The maximum absolute atomic E-state index is 12.4. The van der Waals surface area contributed by atoms with Gasteiger partial charge in [0.1, 0.15) is 0 Å². The summed E-state index contributed by atoms with van der Waals surface area (Å²) in [4.78, 5) is 23.9. The van der Waals surface area contributed by atoms with Crippen LogP contribution in [0.5, 0.6) is 0 Å². The van der Waals surface area contributed by atoms with E-state index in [9.17, 15) is 14.7 Å². The summed E-state index contributed by atoms with van der Waals surface area (Å²) < 4.78 is 0. The third-order valence-electron chi connectivity index (χ3n) is 3.83. The van der Waals surface area contributed by atoms with Crippen LogP contribution in [0.4, 0.5) is 5.69 Å². The van der Waals surface area contributed by atoms with Crippen molar-refractivity contribution in [3.8, 4) is 11.1 Å². The van der Waals surface area contributed by atoms with Gasteiger partial charge in [-0.3, -0.25) is 4.79 Å². The second kappa shape index (κ2) is 7.01. The van der Waals surface area contributed by atoms with Crippen LogP contribution in [0.1, 0.15) is 26.3 Å². The molecular weight excluding hydrogens is 314 g/mol. The molecule has 0 atom stereocenters. The predicted octanol–water partition coefficient (Wildman–Crippen LogP) is 4.61. The van der Waals surface area contributed by atoms with Crippen LogP contribution in [0, 0.1) is 6.92 Å². The summed E-state index contributed by atoms with van der Waals surface area (Å²) in [5, 5.41) is 12.1. The molecule has 2 N–H and O–H groups in total. The predicted molar refractivity (Wildman–Crippen MR) is 98.0 cm³/mol. The first-order valence-corrected chi connectivity index (χ1v) is 7.85. The lowest BCUT2D eigenvalue weighted by Crippen LogP contribution is -2.12. The lowest BCUT2D eigenvalue weighted by atomic mass is 10.0. The Morgan fingerprint density at radius 1 is 0.800 bits per heavy atom. The lowest BCUT2D eigenvalue weighted by molar-refractivity contribution is 0.0696. The SMILES string of the molecule is Cc1cccc(C(=O)Nc2cc(C(=O)O)cc(-c3ccccc3)c2)c1. The van der Waals surface area contributed by atoms with Crippen molar-refractivity contribution < 1.29 is 14.7 Å². The summed E-state index contributed by atoms with van der Waals surface area (Å²) in [5.74, 6) is -1.31. The zero-order chi connectivity index (χ0) is 17.8. The van der Waals surface area contributed by atoms with Crippen LogP contribution >= 0.6 is 0 Å². The number of amides is 1. The molecule has 0 spiro atoms. The molecule has 1 amide bonds. The lowest BCUT2D eigenvalue weighted by Gasteiger charge is -2.10. The van der Waals surface area contributed by atoms with Crippen LogP contribution in [0.15, 0.2) is 72.8 Å². The first-order valence-electron chi connectivity index (χ1n) is 7.85. The van der Waals surface area contributed by atoms with E-state index >= 15 is 0 Å². The summed E-state index contributed by atoms with van der Waals surface area (Å²) in [6.07, 6.45) is 0. The summed E-state index contributed by atoms with van der Waals surface area (Å²) in [5.41, 5.74) is 3.71. The van der Waals surface area contributed by atoms with Gasteiger partial charge >= 0.3 is 5.97 Å². The van der Waals surface area contributed by atoms with E-state index in [-0.39, 0.29) is 11.5 Å². The van der Waals surface area contributed by atoms with E-state index in [2.05, 4.69) is 5.32 Å². The molecule has 0 heterocycles. The zero-order valence-electron chi connectivity index (χ0n) is 13.7. The fourth-order valence-corrected chi connectivity index (χ4v) is 2.61. The number of aromatic carboxylic acids is 1. The van der Waals surface area contributed by atoms with Crippen LogP contribution in [0.2, 0.25) is 0 Å². The molecule has 124 valence electrons. The smallest absolute Gasteiger partial charge is 0.335 e. The highest BCUT2D eigenvalue weighted by molar-refractivity contribution is 6.05. The Hall–Kier alpha value is -3.40. The van der Waals surface area contributed by atoms with Crippen molar-refractivity contribution >= 4 is 17.6 Å². The largest absolute Gasteiger partial charge is 0.478 e. The van der Waals surface area contributed by atoms with Gasteiger partial charge in [0.05, 0.1) is 5.56 Å². The monoisotopic (exact) mass is 331 g/mol. The number of anilines is 1. The van der Waals surface area contributed by atoms with E-state index < -0.39 is 5.97 Å². The quantitative estimate of drug-likeness (QED) is 0.733. The molecule has 0 aliphatic carbocycles. The van der Waals surface area contributed by atoms with Crippen LogP contribution in [-0.2, 0) is 0 Å². The number of hydrogen-bond donors (Lipinski definition) is 2. The highest BCUT2D eigenvalue weighted by Gasteiger charge is 2.11. The maximum Gasteiger partial charge on any atom is 0.335 e. The second-order valence-corrected chi connectivity index (χ2v) is 5.79. The fraction of sp³-hybridized carbons (Fsp3) is 0.0476. The Kier molecular flexibility index (Phi) is 4.61. The van der Waals surface area contributed by atoms with Gasteiger partial charge in [0.2, 0.25) is 0 Å². The molecule has 0 fully saturated rings. The van der Waals surface area contributed by atoms with E-state index in [1.165, 1.54) is 6.07 Å². The number of carboxylic acid groups (broad SMARTS) is 1. The maximum atomic E-state index is 12.4. The average molecular weight is 331 g/mol. The third kappa shape index (κ3) is 3.93. The van der Waals surface area contributed by atoms with E-state index in [0.717, 1.165) is 16.7 Å². The molecule has 3 aromatic carbocycles. The Morgan fingerprint density at radius 3 is 2.24 bits per heavy atom. The molecule has 0 bridgehead atoms. The van der Waals surface area contributed by atoms with Crippen LogP contribution < -0.4 is 5.32 Å². The molecule has 0 aromatic heterocycles. The minimum absolute atomic E-state index is 0.126. The van der Waals surface area contributed by atoms with Gasteiger partial charge in [0.25, 0.3) is 5.91 Å². The number of benzene rings is 3. The van der Waals surface area contributed by atoms with Crippen molar-refractivity contribution in [3.05, 3.63) is 89.5 Å². The van der Waals surface area contributed by atoms with Crippen molar-refractivity contribution in [1.29, 1.82) is 0 Å². The van der Waals surface area contributed by atoms with Gasteiger partial charge in [-0.1, -0.05) is 48.0 Å². The number of carboxylic acids is 1. The Balaban J connectivity index is 1.97. The summed E-state index contributed by atoms with van der Waals surface area (Å²) in [6, 6.07) is 21.5. The molecule has 3 aromatic rings. The number of aryl methyl sites for hydroxylation is 1. The number of nitrogens with one attached hydrogen (secondary N) is 1. The average Bonchev–Trinajstić information content (AvgIpc) is 2.62. The van der Waals surface area contributed by atoms with E-state index in [4.69, 9.17) is 0 Å². The van der Waals surface area contributed by atoms with Crippen LogP contribution in [0.25, 0.3) is 11.1 Å². The first-order chi connectivity index (χ1) is 12.0. The molecular formula is C21H17NO3. The van der Waals surface area contributed by atoms with Crippen molar-refractivity contribution in [2.75, 3.05) is 5.32 Å². The Labute approximate surface area is 145 Å². The topological polar surface area (TPSA) is 66.4 Å². The molecule has 0 aliphatic rings. The molecule has 0 unspecified atom stereocenters. The Morgan fingerprint density at radius 2 is 1.56 bits per heavy atom. The fourth-order valence-electron chi connectivity index (χ4n) is 2.61. The molecule has 3 rings (SSSR count).